The lowest BCUT2D eigenvalue weighted by molar-refractivity contribution is 0.475. The van der Waals surface area contributed by atoms with Gasteiger partial charge in [-0.2, -0.15) is 0 Å². The summed E-state index contributed by atoms with van der Waals surface area (Å²) in [5, 5.41) is 0. The first-order valence-electron chi connectivity index (χ1n) is 6.56. The van der Waals surface area contributed by atoms with E-state index in [0.717, 1.165) is 18.4 Å². The first-order valence-corrected chi connectivity index (χ1v) is 7.35. The van der Waals surface area contributed by atoms with Gasteiger partial charge in [0, 0.05) is 12.1 Å². The van der Waals surface area contributed by atoms with Crippen molar-refractivity contribution in [1.29, 1.82) is 0 Å². The third kappa shape index (κ3) is 4.05. The van der Waals surface area contributed by atoms with Crippen molar-refractivity contribution in [3.8, 4) is 11.5 Å². The van der Waals surface area contributed by atoms with Gasteiger partial charge in [0.15, 0.2) is 0 Å². The zero-order valence-corrected chi connectivity index (χ0v) is 12.9. The molecule has 20 heavy (non-hydrogen) atoms. The second-order valence-electron chi connectivity index (χ2n) is 4.70. The minimum atomic E-state index is -0.341. The summed E-state index contributed by atoms with van der Waals surface area (Å²) >= 11 is 3.12. The van der Waals surface area contributed by atoms with E-state index in [1.165, 1.54) is 6.07 Å². The number of halogens is 2. The number of hydrogen-bond acceptors (Lipinski definition) is 2. The second kappa shape index (κ2) is 6.86. The summed E-state index contributed by atoms with van der Waals surface area (Å²) in [6.45, 7) is 2.07. The van der Waals surface area contributed by atoms with Crippen LogP contribution in [0.25, 0.3) is 0 Å². The molecule has 0 amide bonds. The Bertz CT molecular complexity index is 588. The third-order valence-corrected chi connectivity index (χ3v) is 3.69. The Hall–Kier alpha value is -1.39. The lowest BCUT2D eigenvalue weighted by atomic mass is 10.0. The zero-order valence-electron chi connectivity index (χ0n) is 11.3. The third-order valence-electron chi connectivity index (χ3n) is 3.05. The average molecular weight is 338 g/mol. The van der Waals surface area contributed by atoms with Gasteiger partial charge in [-0.3, -0.25) is 0 Å². The summed E-state index contributed by atoms with van der Waals surface area (Å²) in [7, 11) is 0. The fourth-order valence-electron chi connectivity index (χ4n) is 1.86. The first kappa shape index (κ1) is 15.0. The van der Waals surface area contributed by atoms with E-state index in [1.807, 2.05) is 24.3 Å². The molecule has 0 saturated heterocycles. The molecule has 0 aromatic heterocycles. The average Bonchev–Trinajstić information content (AvgIpc) is 2.43. The topological polar surface area (TPSA) is 35.2 Å². The number of benzene rings is 2. The highest BCUT2D eigenvalue weighted by Crippen LogP contribution is 2.26. The van der Waals surface area contributed by atoms with Gasteiger partial charge in [0.25, 0.3) is 0 Å². The molecule has 0 spiro atoms. The summed E-state index contributed by atoms with van der Waals surface area (Å²) in [5.74, 6) is 0.821. The molecule has 4 heteroatoms. The molecule has 2 nitrogen and oxygen atoms in total. The maximum Gasteiger partial charge on any atom is 0.141 e. The molecule has 0 aliphatic rings. The Morgan fingerprint density at radius 2 is 1.95 bits per heavy atom. The van der Waals surface area contributed by atoms with E-state index < -0.39 is 0 Å². The van der Waals surface area contributed by atoms with Crippen molar-refractivity contribution in [1.82, 2.24) is 0 Å². The lowest BCUT2D eigenvalue weighted by Crippen LogP contribution is -2.21. The summed E-state index contributed by atoms with van der Waals surface area (Å²) in [6.07, 6.45) is 1.74. The fraction of sp³-hybridized carbons (Fsp3) is 0.250. The van der Waals surface area contributed by atoms with Crippen LogP contribution in [0.15, 0.2) is 46.9 Å². The van der Waals surface area contributed by atoms with Crippen LogP contribution in [0.1, 0.15) is 18.9 Å². The molecule has 0 aliphatic carbocycles. The van der Waals surface area contributed by atoms with Gasteiger partial charge in [-0.15, -0.1) is 0 Å². The van der Waals surface area contributed by atoms with Crippen LogP contribution >= 0.6 is 15.9 Å². The SMILES string of the molecule is CCC(N)Cc1cccc(Oc2ccc(Br)c(F)c2)c1. The Morgan fingerprint density at radius 3 is 2.65 bits per heavy atom. The van der Waals surface area contributed by atoms with Gasteiger partial charge in [-0.05, 0) is 58.6 Å². The maximum atomic E-state index is 13.4. The smallest absolute Gasteiger partial charge is 0.141 e. The summed E-state index contributed by atoms with van der Waals surface area (Å²) in [6, 6.07) is 12.6. The van der Waals surface area contributed by atoms with Crippen molar-refractivity contribution in [3.05, 3.63) is 58.3 Å². The van der Waals surface area contributed by atoms with Gasteiger partial charge in [-0.1, -0.05) is 19.1 Å². The monoisotopic (exact) mass is 337 g/mol. The van der Waals surface area contributed by atoms with Crippen molar-refractivity contribution < 1.29 is 9.13 Å². The van der Waals surface area contributed by atoms with Crippen LogP contribution in [0, 0.1) is 5.82 Å². The van der Waals surface area contributed by atoms with E-state index >= 15 is 0 Å². The predicted molar refractivity (Wildman–Crippen MR) is 82.6 cm³/mol. The Balaban J connectivity index is 2.12. The van der Waals surface area contributed by atoms with Crippen LogP contribution < -0.4 is 10.5 Å². The Kier molecular flexibility index (Phi) is 5.15. The largest absolute Gasteiger partial charge is 0.457 e. The van der Waals surface area contributed by atoms with Gasteiger partial charge in [0.2, 0.25) is 0 Å². The van der Waals surface area contributed by atoms with Gasteiger partial charge in [0.05, 0.1) is 4.47 Å². The minimum absolute atomic E-state index is 0.148. The molecule has 2 aromatic rings. The molecule has 0 heterocycles. The van der Waals surface area contributed by atoms with Crippen LogP contribution in [-0.2, 0) is 6.42 Å². The summed E-state index contributed by atoms with van der Waals surface area (Å²) in [5.41, 5.74) is 7.07. The highest BCUT2D eigenvalue weighted by Gasteiger charge is 2.05. The molecule has 2 aromatic carbocycles. The van der Waals surface area contributed by atoms with Crippen LogP contribution in [0.3, 0.4) is 0 Å². The molecule has 0 bridgehead atoms. The van der Waals surface area contributed by atoms with E-state index in [4.69, 9.17) is 10.5 Å². The number of ether oxygens (including phenoxy) is 1. The molecule has 0 aliphatic heterocycles. The molecule has 2 N–H and O–H groups in total. The van der Waals surface area contributed by atoms with Gasteiger partial charge in [0.1, 0.15) is 17.3 Å². The molecule has 0 saturated carbocycles. The normalized spacial score (nSPS) is 12.2. The van der Waals surface area contributed by atoms with Crippen molar-refractivity contribution >= 4 is 15.9 Å². The highest BCUT2D eigenvalue weighted by molar-refractivity contribution is 9.10. The molecule has 0 radical (unpaired) electrons. The maximum absolute atomic E-state index is 13.4. The molecule has 1 unspecified atom stereocenters. The number of rotatable bonds is 5. The standard InChI is InChI=1S/C16H17BrFNO/c1-2-12(19)8-11-4-3-5-13(9-11)20-14-6-7-15(17)16(18)10-14/h3-7,9-10,12H,2,8,19H2,1H3. The van der Waals surface area contributed by atoms with Crippen LogP contribution in [0.4, 0.5) is 4.39 Å². The zero-order chi connectivity index (χ0) is 14.5. The van der Waals surface area contributed by atoms with Crippen LogP contribution in [0.2, 0.25) is 0 Å². The highest BCUT2D eigenvalue weighted by atomic mass is 79.9. The molecule has 0 fully saturated rings. The molecule has 2 rings (SSSR count). The van der Waals surface area contributed by atoms with Crippen molar-refractivity contribution in [2.24, 2.45) is 5.73 Å². The van der Waals surface area contributed by atoms with E-state index in [1.54, 1.807) is 12.1 Å². The van der Waals surface area contributed by atoms with Gasteiger partial charge in [-0.25, -0.2) is 4.39 Å². The second-order valence-corrected chi connectivity index (χ2v) is 5.55. The minimum Gasteiger partial charge on any atom is -0.457 e. The number of nitrogens with two attached hydrogens (primary N) is 1. The molecular weight excluding hydrogens is 321 g/mol. The van der Waals surface area contributed by atoms with Crippen molar-refractivity contribution in [2.75, 3.05) is 0 Å². The van der Waals surface area contributed by atoms with Crippen molar-refractivity contribution in [2.45, 2.75) is 25.8 Å². The molecule has 106 valence electrons. The van der Waals surface area contributed by atoms with E-state index in [9.17, 15) is 4.39 Å². The first-order chi connectivity index (χ1) is 9.58. The predicted octanol–water partition coefficient (Wildman–Crippen LogP) is 4.66. The van der Waals surface area contributed by atoms with Crippen molar-refractivity contribution in [3.63, 3.8) is 0 Å². The number of hydrogen-bond donors (Lipinski definition) is 1. The Morgan fingerprint density at radius 1 is 1.20 bits per heavy atom. The molecular formula is C16H17BrFNO. The fourth-order valence-corrected chi connectivity index (χ4v) is 2.11. The van der Waals surface area contributed by atoms with E-state index in [2.05, 4.69) is 22.9 Å². The lowest BCUT2D eigenvalue weighted by Gasteiger charge is -2.11. The Labute approximate surface area is 126 Å². The van der Waals surface area contributed by atoms with Crippen LogP contribution in [-0.4, -0.2) is 6.04 Å². The quantitative estimate of drug-likeness (QED) is 0.861. The van der Waals surface area contributed by atoms with E-state index in [0.29, 0.717) is 16.0 Å². The molecule has 1 atom stereocenters. The summed E-state index contributed by atoms with van der Waals surface area (Å²) < 4.78 is 19.5. The summed E-state index contributed by atoms with van der Waals surface area (Å²) in [4.78, 5) is 0. The van der Waals surface area contributed by atoms with E-state index in [-0.39, 0.29) is 11.9 Å². The van der Waals surface area contributed by atoms with Gasteiger partial charge < -0.3 is 10.5 Å². The van der Waals surface area contributed by atoms with Crippen LogP contribution in [0.5, 0.6) is 11.5 Å². The van der Waals surface area contributed by atoms with Gasteiger partial charge >= 0.3 is 0 Å².